The third kappa shape index (κ3) is 1.29. The smallest absolute Gasteiger partial charge is 0.232 e. The number of β-lactam (4-membered cyclic amide) rings is 1. The maximum absolute atomic E-state index is 11.7. The molecule has 6 atom stereocenters. The van der Waals surface area contributed by atoms with Crippen LogP contribution in [0.15, 0.2) is 0 Å². The predicted octanol–water partition coefficient (Wildman–Crippen LogP) is 0.0660. The average molecular weight is 255 g/mol. The Morgan fingerprint density at radius 1 is 1.22 bits per heavy atom. The molecule has 4 aliphatic rings. The number of hydrogen-bond donors (Lipinski definition) is 0. The third-order valence-corrected chi connectivity index (χ3v) is 4.17. The normalized spacial score (nSPS) is 52.6. The van der Waals surface area contributed by atoms with Crippen LogP contribution in [0.3, 0.4) is 0 Å². The molecule has 0 aromatic carbocycles. The molecule has 100 valence electrons. The molecule has 4 fully saturated rings. The average Bonchev–Trinajstić information content (AvgIpc) is 2.78. The zero-order chi connectivity index (χ0) is 12.7. The summed E-state index contributed by atoms with van der Waals surface area (Å²) < 4.78 is 23.3. The lowest BCUT2D eigenvalue weighted by Gasteiger charge is -2.51. The molecule has 4 heterocycles. The standard InChI is InChI=1S/C12H17NO5/c1-5-9(14)13-4-6-7(16-10(5)13)8-11(15-6)18-12(2,3)17-8/h5-8,10-11H,4H2,1-3H3/t5-,6+,7-,8+,10-,11+/m0/s1. The molecule has 4 saturated heterocycles. The van der Waals surface area contributed by atoms with Gasteiger partial charge in [-0.1, -0.05) is 0 Å². The van der Waals surface area contributed by atoms with Gasteiger partial charge in [0, 0.05) is 0 Å². The van der Waals surface area contributed by atoms with Crippen molar-refractivity contribution in [2.45, 2.75) is 57.4 Å². The van der Waals surface area contributed by atoms with E-state index in [0.717, 1.165) is 0 Å². The van der Waals surface area contributed by atoms with Gasteiger partial charge in [0.25, 0.3) is 0 Å². The number of carbonyl (C=O) groups is 1. The van der Waals surface area contributed by atoms with Gasteiger partial charge in [0.2, 0.25) is 5.91 Å². The van der Waals surface area contributed by atoms with Gasteiger partial charge in [-0.2, -0.15) is 0 Å². The first-order valence-electron chi connectivity index (χ1n) is 6.43. The third-order valence-electron chi connectivity index (χ3n) is 4.17. The van der Waals surface area contributed by atoms with Crippen molar-refractivity contribution >= 4 is 5.91 Å². The molecule has 1 amide bonds. The predicted molar refractivity (Wildman–Crippen MR) is 58.2 cm³/mol. The zero-order valence-corrected chi connectivity index (χ0v) is 10.7. The highest BCUT2D eigenvalue weighted by Gasteiger charge is 2.62. The Hall–Kier alpha value is -0.690. The molecule has 18 heavy (non-hydrogen) atoms. The first kappa shape index (κ1) is 11.2. The lowest BCUT2D eigenvalue weighted by molar-refractivity contribution is -0.271. The molecular formula is C12H17NO5. The molecule has 0 bridgehead atoms. The number of nitrogens with zero attached hydrogens (tertiary/aromatic N) is 1. The molecular weight excluding hydrogens is 238 g/mol. The van der Waals surface area contributed by atoms with Crippen LogP contribution in [-0.4, -0.2) is 54.0 Å². The minimum absolute atomic E-state index is 0.0552. The van der Waals surface area contributed by atoms with E-state index in [-0.39, 0.29) is 42.7 Å². The molecule has 0 unspecified atom stereocenters. The van der Waals surface area contributed by atoms with Crippen molar-refractivity contribution in [3.8, 4) is 0 Å². The highest BCUT2D eigenvalue weighted by Crippen LogP contribution is 2.44. The van der Waals surface area contributed by atoms with Crippen LogP contribution < -0.4 is 0 Å². The number of ether oxygens (including phenoxy) is 4. The number of hydrogen-bond acceptors (Lipinski definition) is 5. The SMILES string of the molecule is C[C@H]1C(=O)N2C[C@H]3O[C@@H]4OC(C)(C)O[C@@H]4[C@H]3O[C@@H]12. The van der Waals surface area contributed by atoms with Crippen LogP contribution in [0, 0.1) is 5.92 Å². The molecule has 6 nitrogen and oxygen atoms in total. The van der Waals surface area contributed by atoms with Crippen LogP contribution in [0.1, 0.15) is 20.8 Å². The molecule has 0 aromatic heterocycles. The summed E-state index contributed by atoms with van der Waals surface area (Å²) in [6.45, 7) is 6.22. The summed E-state index contributed by atoms with van der Waals surface area (Å²) in [5, 5.41) is 0. The van der Waals surface area contributed by atoms with E-state index < -0.39 is 5.79 Å². The van der Waals surface area contributed by atoms with Crippen molar-refractivity contribution in [2.75, 3.05) is 6.54 Å². The minimum Gasteiger partial charge on any atom is -0.349 e. The summed E-state index contributed by atoms with van der Waals surface area (Å²) in [5.74, 6) is -0.538. The Morgan fingerprint density at radius 2 is 2.00 bits per heavy atom. The van der Waals surface area contributed by atoms with Crippen LogP contribution in [0.4, 0.5) is 0 Å². The van der Waals surface area contributed by atoms with E-state index in [0.29, 0.717) is 6.54 Å². The number of rotatable bonds is 0. The molecule has 0 aliphatic carbocycles. The highest BCUT2D eigenvalue weighted by molar-refractivity contribution is 5.85. The van der Waals surface area contributed by atoms with E-state index in [9.17, 15) is 4.79 Å². The number of fused-ring (bicyclic) bond motifs is 4. The van der Waals surface area contributed by atoms with E-state index in [1.165, 1.54) is 0 Å². The maximum atomic E-state index is 11.7. The maximum Gasteiger partial charge on any atom is 0.232 e. The Kier molecular flexibility index (Phi) is 2.01. The van der Waals surface area contributed by atoms with Crippen LogP contribution >= 0.6 is 0 Å². The first-order chi connectivity index (χ1) is 8.46. The Bertz CT molecular complexity index is 411. The summed E-state index contributed by atoms with van der Waals surface area (Å²) in [7, 11) is 0. The molecule has 4 rings (SSSR count). The van der Waals surface area contributed by atoms with E-state index in [1.54, 1.807) is 4.90 Å². The second-order valence-electron chi connectivity index (χ2n) is 5.91. The Morgan fingerprint density at radius 3 is 2.78 bits per heavy atom. The largest absolute Gasteiger partial charge is 0.349 e. The fourth-order valence-electron chi connectivity index (χ4n) is 3.30. The highest BCUT2D eigenvalue weighted by atomic mass is 16.8. The van der Waals surface area contributed by atoms with Gasteiger partial charge in [-0.3, -0.25) is 4.79 Å². The van der Waals surface area contributed by atoms with Crippen molar-refractivity contribution < 1.29 is 23.7 Å². The van der Waals surface area contributed by atoms with Crippen molar-refractivity contribution in [3.63, 3.8) is 0 Å². The van der Waals surface area contributed by atoms with Crippen LogP contribution in [0.5, 0.6) is 0 Å². The molecule has 6 heteroatoms. The fourth-order valence-corrected chi connectivity index (χ4v) is 3.30. The van der Waals surface area contributed by atoms with Gasteiger partial charge in [0.05, 0.1) is 12.5 Å². The first-order valence-corrected chi connectivity index (χ1v) is 6.43. The van der Waals surface area contributed by atoms with Crippen LogP contribution in [-0.2, 0) is 23.7 Å². The van der Waals surface area contributed by atoms with Crippen molar-refractivity contribution in [1.82, 2.24) is 4.90 Å². The number of amides is 1. The van der Waals surface area contributed by atoms with Gasteiger partial charge in [-0.15, -0.1) is 0 Å². The summed E-state index contributed by atoms with van der Waals surface area (Å²) >= 11 is 0. The topological polar surface area (TPSA) is 57.2 Å². The second-order valence-corrected chi connectivity index (χ2v) is 5.91. The van der Waals surface area contributed by atoms with Crippen molar-refractivity contribution in [2.24, 2.45) is 5.92 Å². The van der Waals surface area contributed by atoms with Gasteiger partial charge in [-0.05, 0) is 20.8 Å². The van der Waals surface area contributed by atoms with Crippen molar-refractivity contribution in [3.05, 3.63) is 0 Å². The van der Waals surface area contributed by atoms with E-state index in [4.69, 9.17) is 18.9 Å². The molecule has 0 aromatic rings. The van der Waals surface area contributed by atoms with E-state index in [2.05, 4.69) is 0 Å². The summed E-state index contributed by atoms with van der Waals surface area (Å²) in [4.78, 5) is 13.4. The second kappa shape index (κ2) is 3.25. The van der Waals surface area contributed by atoms with E-state index >= 15 is 0 Å². The van der Waals surface area contributed by atoms with Crippen LogP contribution in [0.25, 0.3) is 0 Å². The quantitative estimate of drug-likeness (QED) is 0.573. The monoisotopic (exact) mass is 255 g/mol. The summed E-state index contributed by atoms with van der Waals surface area (Å²) in [6.07, 6.45) is -0.944. The number of carbonyl (C=O) groups excluding carboxylic acids is 1. The van der Waals surface area contributed by atoms with Crippen molar-refractivity contribution in [1.29, 1.82) is 0 Å². The fraction of sp³-hybridized carbons (Fsp3) is 0.917. The zero-order valence-electron chi connectivity index (χ0n) is 10.7. The summed E-state index contributed by atoms with van der Waals surface area (Å²) in [5.41, 5.74) is 0. The van der Waals surface area contributed by atoms with Gasteiger partial charge in [-0.25, -0.2) is 0 Å². The van der Waals surface area contributed by atoms with Crippen LogP contribution in [0.2, 0.25) is 0 Å². The van der Waals surface area contributed by atoms with Gasteiger partial charge < -0.3 is 23.8 Å². The van der Waals surface area contributed by atoms with Gasteiger partial charge >= 0.3 is 0 Å². The minimum atomic E-state index is -0.623. The Labute approximate surface area is 105 Å². The van der Waals surface area contributed by atoms with Gasteiger partial charge in [0.15, 0.2) is 12.1 Å². The lowest BCUT2D eigenvalue weighted by Crippen LogP contribution is -2.68. The molecule has 0 spiro atoms. The summed E-state index contributed by atoms with van der Waals surface area (Å²) in [6, 6.07) is 0. The van der Waals surface area contributed by atoms with Gasteiger partial charge in [0.1, 0.15) is 24.5 Å². The lowest BCUT2D eigenvalue weighted by atomic mass is 9.93. The molecule has 0 N–H and O–H groups in total. The molecule has 0 saturated carbocycles. The Balaban J connectivity index is 1.55. The molecule has 0 radical (unpaired) electrons. The molecule has 4 aliphatic heterocycles. The van der Waals surface area contributed by atoms with E-state index in [1.807, 2.05) is 20.8 Å².